The van der Waals surface area contributed by atoms with Gasteiger partial charge in [0.25, 0.3) is 0 Å². The zero-order valence-corrected chi connectivity index (χ0v) is 14.5. The number of anilines is 1. The van der Waals surface area contributed by atoms with Crippen LogP contribution in [0.1, 0.15) is 24.9 Å². The summed E-state index contributed by atoms with van der Waals surface area (Å²) in [5.74, 6) is -2.10. The quantitative estimate of drug-likeness (QED) is 0.845. The fraction of sp³-hybridized carbons (Fsp3) is 0.263. The molecule has 0 bridgehead atoms. The van der Waals surface area contributed by atoms with Crippen molar-refractivity contribution >= 4 is 29.1 Å². The van der Waals surface area contributed by atoms with Crippen LogP contribution in [0.15, 0.2) is 48.5 Å². The van der Waals surface area contributed by atoms with E-state index >= 15 is 0 Å². The third-order valence-corrected chi connectivity index (χ3v) is 4.62. The monoisotopic (exact) mass is 360 g/mol. The predicted octanol–water partition coefficient (Wildman–Crippen LogP) is 3.71. The van der Waals surface area contributed by atoms with Gasteiger partial charge in [0.2, 0.25) is 11.8 Å². The molecular weight excluding hydrogens is 343 g/mol. The molecule has 0 unspecified atom stereocenters. The van der Waals surface area contributed by atoms with E-state index in [0.717, 1.165) is 11.6 Å². The second-order valence-corrected chi connectivity index (χ2v) is 6.50. The maximum Gasteiger partial charge on any atom is 0.239 e. The molecule has 1 saturated heterocycles. The van der Waals surface area contributed by atoms with Crippen LogP contribution in [0.25, 0.3) is 0 Å². The minimum absolute atomic E-state index is 0.154. The number of benzene rings is 2. The lowest BCUT2D eigenvalue weighted by molar-refractivity contribution is -0.132. The summed E-state index contributed by atoms with van der Waals surface area (Å²) in [6, 6.07) is 13.5. The van der Waals surface area contributed by atoms with Crippen LogP contribution in [0.4, 0.5) is 10.1 Å². The van der Waals surface area contributed by atoms with Crippen molar-refractivity contribution in [1.82, 2.24) is 5.32 Å². The van der Waals surface area contributed by atoms with Crippen LogP contribution in [-0.4, -0.2) is 18.4 Å². The van der Waals surface area contributed by atoms with E-state index < -0.39 is 11.7 Å². The lowest BCUT2D eigenvalue weighted by Crippen LogP contribution is -2.38. The van der Waals surface area contributed by atoms with Gasteiger partial charge in [-0.25, -0.2) is 4.39 Å². The number of carbonyl (C=O) groups is 2. The fourth-order valence-corrected chi connectivity index (χ4v) is 3.16. The van der Waals surface area contributed by atoms with Gasteiger partial charge in [-0.05, 0) is 37.1 Å². The Hall–Kier alpha value is -2.40. The molecule has 0 aromatic heterocycles. The Kier molecular flexibility index (Phi) is 5.04. The van der Waals surface area contributed by atoms with Crippen LogP contribution in [0, 0.1) is 11.7 Å². The summed E-state index contributed by atoms with van der Waals surface area (Å²) in [5, 5.41) is 3.13. The number of rotatable bonds is 4. The number of hydrogen-bond acceptors (Lipinski definition) is 2. The Bertz CT molecular complexity index is 797. The third kappa shape index (κ3) is 3.66. The van der Waals surface area contributed by atoms with E-state index in [-0.39, 0.29) is 28.6 Å². The molecule has 4 nitrogen and oxygen atoms in total. The van der Waals surface area contributed by atoms with E-state index in [9.17, 15) is 14.0 Å². The summed E-state index contributed by atoms with van der Waals surface area (Å²) in [6.07, 6.45) is 0.355. The standard InChI is InChI=1S/C19H18ClFN2O2/c1-12(13-5-3-2-4-6-13)22-18(24)15-9-10-23(19(15)25)17-8-7-14(20)11-16(17)21/h2-8,11-12,15H,9-10H2,1H3,(H,22,24)/t12-,15-/m1/s1. The van der Waals surface area contributed by atoms with Crippen LogP contribution in [0.2, 0.25) is 5.02 Å². The Balaban J connectivity index is 1.70. The zero-order chi connectivity index (χ0) is 18.0. The van der Waals surface area contributed by atoms with Crippen molar-refractivity contribution in [3.8, 4) is 0 Å². The molecule has 130 valence electrons. The number of hydrogen-bond donors (Lipinski definition) is 1. The van der Waals surface area contributed by atoms with E-state index in [1.165, 1.54) is 17.0 Å². The number of nitrogens with one attached hydrogen (secondary N) is 1. The summed E-state index contributed by atoms with van der Waals surface area (Å²) in [4.78, 5) is 26.4. The van der Waals surface area contributed by atoms with Crippen LogP contribution in [-0.2, 0) is 9.59 Å². The maximum absolute atomic E-state index is 14.1. The molecule has 2 atom stereocenters. The first-order valence-corrected chi connectivity index (χ1v) is 8.47. The molecule has 6 heteroatoms. The van der Waals surface area contributed by atoms with Gasteiger partial charge < -0.3 is 10.2 Å². The van der Waals surface area contributed by atoms with Gasteiger partial charge in [-0.3, -0.25) is 9.59 Å². The van der Waals surface area contributed by atoms with E-state index in [4.69, 9.17) is 11.6 Å². The molecule has 1 N–H and O–H groups in total. The third-order valence-electron chi connectivity index (χ3n) is 4.38. The molecule has 1 aliphatic rings. The molecule has 1 aliphatic heterocycles. The van der Waals surface area contributed by atoms with Gasteiger partial charge in [0.05, 0.1) is 11.7 Å². The van der Waals surface area contributed by atoms with Gasteiger partial charge in [-0.15, -0.1) is 0 Å². The lowest BCUT2D eigenvalue weighted by Gasteiger charge is -2.19. The summed E-state index contributed by atoms with van der Waals surface area (Å²) >= 11 is 5.75. The van der Waals surface area contributed by atoms with E-state index in [1.54, 1.807) is 0 Å². The topological polar surface area (TPSA) is 49.4 Å². The summed E-state index contributed by atoms with van der Waals surface area (Å²) in [6.45, 7) is 2.17. The van der Waals surface area contributed by atoms with Crippen molar-refractivity contribution in [3.63, 3.8) is 0 Å². The van der Waals surface area contributed by atoms with E-state index in [2.05, 4.69) is 5.32 Å². The average molecular weight is 361 g/mol. The molecule has 25 heavy (non-hydrogen) atoms. The van der Waals surface area contributed by atoms with Crippen molar-refractivity contribution in [3.05, 3.63) is 64.9 Å². The lowest BCUT2D eigenvalue weighted by atomic mass is 10.0. The number of carbonyl (C=O) groups excluding carboxylic acids is 2. The molecule has 0 radical (unpaired) electrons. The molecule has 2 amide bonds. The molecule has 3 rings (SSSR count). The van der Waals surface area contributed by atoms with Crippen LogP contribution < -0.4 is 10.2 Å². The average Bonchev–Trinajstić information content (AvgIpc) is 2.97. The minimum Gasteiger partial charge on any atom is -0.349 e. The van der Waals surface area contributed by atoms with Crippen molar-refractivity contribution < 1.29 is 14.0 Å². The molecule has 0 saturated carbocycles. The predicted molar refractivity (Wildman–Crippen MR) is 94.9 cm³/mol. The van der Waals surface area contributed by atoms with Crippen LogP contribution >= 0.6 is 11.6 Å². The molecular formula is C19H18ClFN2O2. The smallest absolute Gasteiger partial charge is 0.239 e. The Labute approximate surface area is 150 Å². The van der Waals surface area contributed by atoms with Gasteiger partial charge in [-0.2, -0.15) is 0 Å². The van der Waals surface area contributed by atoms with Crippen molar-refractivity contribution in [2.75, 3.05) is 11.4 Å². The Morgan fingerprint density at radius 2 is 2.00 bits per heavy atom. The van der Waals surface area contributed by atoms with Crippen molar-refractivity contribution in [2.45, 2.75) is 19.4 Å². The molecule has 0 spiro atoms. The summed E-state index contributed by atoms with van der Waals surface area (Å²) < 4.78 is 14.1. The SMILES string of the molecule is C[C@@H](NC(=O)[C@H]1CCN(c2ccc(Cl)cc2F)C1=O)c1ccccc1. The van der Waals surface area contributed by atoms with E-state index in [0.29, 0.717) is 13.0 Å². The fourth-order valence-electron chi connectivity index (χ4n) is 3.00. The first kappa shape index (κ1) is 17.4. The Morgan fingerprint density at radius 3 is 2.68 bits per heavy atom. The highest BCUT2D eigenvalue weighted by Gasteiger charge is 2.38. The number of amides is 2. The minimum atomic E-state index is -0.804. The second kappa shape index (κ2) is 7.23. The zero-order valence-electron chi connectivity index (χ0n) is 13.7. The highest BCUT2D eigenvalue weighted by Crippen LogP contribution is 2.29. The highest BCUT2D eigenvalue weighted by molar-refractivity contribution is 6.30. The Morgan fingerprint density at radius 1 is 1.28 bits per heavy atom. The number of halogens is 2. The first-order chi connectivity index (χ1) is 12.0. The normalized spacial score (nSPS) is 18.3. The molecule has 1 heterocycles. The van der Waals surface area contributed by atoms with E-state index in [1.807, 2.05) is 37.3 Å². The molecule has 2 aromatic rings. The van der Waals surface area contributed by atoms with Crippen molar-refractivity contribution in [1.29, 1.82) is 0 Å². The van der Waals surface area contributed by atoms with Gasteiger partial charge in [0.1, 0.15) is 11.7 Å². The van der Waals surface area contributed by atoms with Gasteiger partial charge in [-0.1, -0.05) is 41.9 Å². The molecule has 2 aromatic carbocycles. The summed E-state index contributed by atoms with van der Waals surface area (Å²) in [7, 11) is 0. The largest absolute Gasteiger partial charge is 0.349 e. The first-order valence-electron chi connectivity index (χ1n) is 8.09. The van der Waals surface area contributed by atoms with Crippen molar-refractivity contribution in [2.24, 2.45) is 5.92 Å². The summed E-state index contributed by atoms with van der Waals surface area (Å²) in [5.41, 5.74) is 1.11. The van der Waals surface area contributed by atoms with Crippen LogP contribution in [0.3, 0.4) is 0 Å². The molecule has 0 aliphatic carbocycles. The van der Waals surface area contributed by atoms with Gasteiger partial charge >= 0.3 is 0 Å². The maximum atomic E-state index is 14.1. The second-order valence-electron chi connectivity index (χ2n) is 6.07. The number of nitrogens with zero attached hydrogens (tertiary/aromatic N) is 1. The van der Waals surface area contributed by atoms with Gasteiger partial charge in [0, 0.05) is 11.6 Å². The van der Waals surface area contributed by atoms with Gasteiger partial charge in [0.15, 0.2) is 0 Å². The highest BCUT2D eigenvalue weighted by atomic mass is 35.5. The van der Waals surface area contributed by atoms with Crippen LogP contribution in [0.5, 0.6) is 0 Å². The molecule has 1 fully saturated rings.